The highest BCUT2D eigenvalue weighted by Gasteiger charge is 2.52. The molecule has 1 aliphatic rings. The molecule has 22 heavy (non-hydrogen) atoms. The van der Waals surface area contributed by atoms with Gasteiger partial charge in [0.05, 0.1) is 6.61 Å². The summed E-state index contributed by atoms with van der Waals surface area (Å²) in [5, 5.41) is 0. The van der Waals surface area contributed by atoms with E-state index in [1.54, 1.807) is 13.0 Å². The van der Waals surface area contributed by atoms with E-state index in [1.807, 2.05) is 48.5 Å². The lowest BCUT2D eigenvalue weighted by atomic mass is 9.78. The predicted octanol–water partition coefficient (Wildman–Crippen LogP) is 3.22. The SMILES string of the molecule is CCOC(=O)[C@]1(Cc2ccccc2)Cc2ccccc2C1=O. The maximum Gasteiger partial charge on any atom is 0.320 e. The molecule has 0 fully saturated rings. The van der Waals surface area contributed by atoms with Crippen molar-refractivity contribution in [3.8, 4) is 0 Å². The summed E-state index contributed by atoms with van der Waals surface area (Å²) < 4.78 is 5.24. The standard InChI is InChI=1S/C19H18O3/c1-2-22-18(21)19(12-14-8-4-3-5-9-14)13-15-10-6-7-11-16(15)17(19)20/h3-11H,2,12-13H2,1H3/t19-/m1/s1. The van der Waals surface area contributed by atoms with Crippen LogP contribution in [0, 0.1) is 5.41 Å². The second-order valence-corrected chi connectivity index (χ2v) is 5.63. The minimum absolute atomic E-state index is 0.120. The van der Waals surface area contributed by atoms with E-state index in [9.17, 15) is 9.59 Å². The first-order valence-electron chi connectivity index (χ1n) is 7.51. The van der Waals surface area contributed by atoms with Gasteiger partial charge in [0.15, 0.2) is 5.78 Å². The molecule has 0 aromatic heterocycles. The van der Waals surface area contributed by atoms with Crippen LogP contribution in [0.3, 0.4) is 0 Å². The van der Waals surface area contributed by atoms with E-state index in [1.165, 1.54) is 0 Å². The normalized spacial score (nSPS) is 19.8. The molecule has 0 saturated carbocycles. The van der Waals surface area contributed by atoms with Crippen molar-refractivity contribution in [1.82, 2.24) is 0 Å². The highest BCUT2D eigenvalue weighted by atomic mass is 16.5. The Morgan fingerprint density at radius 1 is 1.09 bits per heavy atom. The molecule has 0 aliphatic heterocycles. The molecular weight excluding hydrogens is 276 g/mol. The van der Waals surface area contributed by atoms with E-state index in [0.29, 0.717) is 18.4 Å². The Balaban J connectivity index is 2.03. The third kappa shape index (κ3) is 2.33. The summed E-state index contributed by atoms with van der Waals surface area (Å²) in [5.74, 6) is -0.537. The smallest absolute Gasteiger partial charge is 0.320 e. The average molecular weight is 294 g/mol. The van der Waals surface area contributed by atoms with Crippen molar-refractivity contribution in [2.75, 3.05) is 6.61 Å². The van der Waals surface area contributed by atoms with Gasteiger partial charge in [0.25, 0.3) is 0 Å². The van der Waals surface area contributed by atoms with Gasteiger partial charge in [0.1, 0.15) is 5.41 Å². The second-order valence-electron chi connectivity index (χ2n) is 5.63. The van der Waals surface area contributed by atoms with Gasteiger partial charge in [-0.1, -0.05) is 54.6 Å². The van der Waals surface area contributed by atoms with Crippen LogP contribution in [0.2, 0.25) is 0 Å². The molecule has 0 saturated heterocycles. The largest absolute Gasteiger partial charge is 0.465 e. The van der Waals surface area contributed by atoms with Crippen LogP contribution in [0.1, 0.15) is 28.4 Å². The van der Waals surface area contributed by atoms with E-state index >= 15 is 0 Å². The van der Waals surface area contributed by atoms with Gasteiger partial charge in [0, 0.05) is 5.56 Å². The highest BCUT2D eigenvalue weighted by molar-refractivity contribution is 6.16. The first-order chi connectivity index (χ1) is 10.7. The van der Waals surface area contributed by atoms with Gasteiger partial charge in [-0.25, -0.2) is 0 Å². The van der Waals surface area contributed by atoms with Crippen LogP contribution < -0.4 is 0 Å². The van der Waals surface area contributed by atoms with E-state index in [2.05, 4.69) is 0 Å². The van der Waals surface area contributed by atoms with Crippen LogP contribution in [0.15, 0.2) is 54.6 Å². The number of esters is 1. The molecule has 0 spiro atoms. The Hall–Kier alpha value is -2.42. The molecule has 1 atom stereocenters. The van der Waals surface area contributed by atoms with Crippen molar-refractivity contribution >= 4 is 11.8 Å². The van der Waals surface area contributed by atoms with Crippen molar-refractivity contribution in [2.24, 2.45) is 5.41 Å². The molecule has 0 bridgehead atoms. The number of hydrogen-bond donors (Lipinski definition) is 0. The van der Waals surface area contributed by atoms with Crippen LogP contribution in [0.5, 0.6) is 0 Å². The molecule has 1 aliphatic carbocycles. The van der Waals surface area contributed by atoms with Gasteiger partial charge in [-0.15, -0.1) is 0 Å². The summed E-state index contributed by atoms with van der Waals surface area (Å²) in [6, 6.07) is 17.1. The molecule has 0 N–H and O–H groups in total. The molecule has 2 aromatic rings. The average Bonchev–Trinajstić information content (AvgIpc) is 2.83. The zero-order valence-corrected chi connectivity index (χ0v) is 12.5. The molecule has 3 heteroatoms. The number of benzene rings is 2. The Labute approximate surface area is 129 Å². The zero-order valence-electron chi connectivity index (χ0n) is 12.5. The van der Waals surface area contributed by atoms with Crippen molar-refractivity contribution in [1.29, 1.82) is 0 Å². The lowest BCUT2D eigenvalue weighted by Gasteiger charge is -2.25. The molecule has 0 amide bonds. The lowest BCUT2D eigenvalue weighted by molar-refractivity contribution is -0.152. The summed E-state index contributed by atoms with van der Waals surface area (Å²) >= 11 is 0. The fraction of sp³-hybridized carbons (Fsp3) is 0.263. The summed E-state index contributed by atoms with van der Waals surface area (Å²) in [6.45, 7) is 2.04. The molecule has 0 radical (unpaired) electrons. The van der Waals surface area contributed by atoms with Gasteiger partial charge in [-0.2, -0.15) is 0 Å². The van der Waals surface area contributed by atoms with Crippen LogP contribution in [0.4, 0.5) is 0 Å². The number of carbonyl (C=O) groups excluding carboxylic acids is 2. The van der Waals surface area contributed by atoms with E-state index in [4.69, 9.17) is 4.74 Å². The minimum Gasteiger partial charge on any atom is -0.465 e. The van der Waals surface area contributed by atoms with E-state index in [-0.39, 0.29) is 12.4 Å². The summed E-state index contributed by atoms with van der Waals surface area (Å²) in [4.78, 5) is 25.5. The summed E-state index contributed by atoms with van der Waals surface area (Å²) in [6.07, 6.45) is 0.788. The first kappa shape index (κ1) is 14.5. The maximum absolute atomic E-state index is 12.9. The fourth-order valence-electron chi connectivity index (χ4n) is 3.15. The van der Waals surface area contributed by atoms with E-state index < -0.39 is 11.4 Å². The number of hydrogen-bond acceptors (Lipinski definition) is 3. The summed E-state index contributed by atoms with van der Waals surface area (Å²) in [5.41, 5.74) is 1.42. The highest BCUT2D eigenvalue weighted by Crippen LogP contribution is 2.40. The Bertz CT molecular complexity index is 706. The number of rotatable bonds is 4. The van der Waals surface area contributed by atoms with Crippen molar-refractivity contribution in [2.45, 2.75) is 19.8 Å². The number of Topliss-reactive ketones (excluding diaryl/α,β-unsaturated/α-hetero) is 1. The molecule has 0 heterocycles. The van der Waals surface area contributed by atoms with Gasteiger partial charge >= 0.3 is 5.97 Å². The fourth-order valence-corrected chi connectivity index (χ4v) is 3.15. The van der Waals surface area contributed by atoms with Gasteiger partial charge in [0.2, 0.25) is 0 Å². The van der Waals surface area contributed by atoms with Crippen LogP contribution >= 0.6 is 0 Å². The third-order valence-electron chi connectivity index (χ3n) is 4.20. The molecule has 3 rings (SSSR count). The third-order valence-corrected chi connectivity index (χ3v) is 4.20. The number of fused-ring (bicyclic) bond motifs is 1. The van der Waals surface area contributed by atoms with Crippen molar-refractivity contribution in [3.63, 3.8) is 0 Å². The molecule has 112 valence electrons. The number of ether oxygens (including phenoxy) is 1. The van der Waals surface area contributed by atoms with Crippen LogP contribution in [-0.2, 0) is 22.4 Å². The number of carbonyl (C=O) groups is 2. The molecule has 3 nitrogen and oxygen atoms in total. The molecule has 2 aromatic carbocycles. The van der Waals surface area contributed by atoms with Crippen LogP contribution in [0.25, 0.3) is 0 Å². The Morgan fingerprint density at radius 2 is 1.77 bits per heavy atom. The number of ketones is 1. The van der Waals surface area contributed by atoms with Crippen molar-refractivity contribution < 1.29 is 14.3 Å². The van der Waals surface area contributed by atoms with Gasteiger partial charge < -0.3 is 4.74 Å². The quantitative estimate of drug-likeness (QED) is 0.642. The lowest BCUT2D eigenvalue weighted by Crippen LogP contribution is -2.40. The van der Waals surface area contributed by atoms with E-state index in [0.717, 1.165) is 11.1 Å². The maximum atomic E-state index is 12.9. The molecular formula is C19H18O3. The van der Waals surface area contributed by atoms with Crippen molar-refractivity contribution in [3.05, 3.63) is 71.3 Å². The second kappa shape index (κ2) is 5.76. The minimum atomic E-state index is -1.12. The predicted molar refractivity (Wildman–Crippen MR) is 83.7 cm³/mol. The Morgan fingerprint density at radius 3 is 2.45 bits per heavy atom. The topological polar surface area (TPSA) is 43.4 Å². The van der Waals surface area contributed by atoms with Gasteiger partial charge in [-0.05, 0) is 30.9 Å². The Kier molecular flexibility index (Phi) is 3.80. The monoisotopic (exact) mass is 294 g/mol. The zero-order chi connectivity index (χ0) is 15.6. The van der Waals surface area contributed by atoms with Gasteiger partial charge in [-0.3, -0.25) is 9.59 Å². The van der Waals surface area contributed by atoms with Crippen LogP contribution in [-0.4, -0.2) is 18.4 Å². The summed E-state index contributed by atoms with van der Waals surface area (Å²) in [7, 11) is 0. The molecule has 0 unspecified atom stereocenters. The first-order valence-corrected chi connectivity index (χ1v) is 7.51.